The van der Waals surface area contributed by atoms with E-state index in [1.54, 1.807) is 37.5 Å². The van der Waals surface area contributed by atoms with E-state index in [2.05, 4.69) is 9.98 Å². The second kappa shape index (κ2) is 5.53. The lowest BCUT2D eigenvalue weighted by Crippen LogP contribution is -2.17. The number of aliphatic imine (C=N–C) groups is 1. The van der Waals surface area contributed by atoms with Crippen LogP contribution in [0.2, 0.25) is 0 Å². The lowest BCUT2D eigenvalue weighted by atomic mass is 9.93. The molecule has 3 nitrogen and oxygen atoms in total. The first-order valence-corrected chi connectivity index (χ1v) is 7.05. The van der Waals surface area contributed by atoms with Crippen molar-refractivity contribution in [3.63, 3.8) is 0 Å². The Kier molecular flexibility index (Phi) is 3.67. The van der Waals surface area contributed by atoms with E-state index < -0.39 is 11.7 Å². The minimum atomic E-state index is -4.44. The number of fused-ring (bicyclic) bond motifs is 1. The van der Waals surface area contributed by atoms with Crippen LogP contribution < -0.4 is 5.73 Å². The van der Waals surface area contributed by atoms with Crippen LogP contribution in [0.3, 0.4) is 0 Å². The summed E-state index contributed by atoms with van der Waals surface area (Å²) in [5, 5.41) is 0. The molecule has 118 valence electrons. The van der Waals surface area contributed by atoms with Gasteiger partial charge in [-0.15, -0.1) is 0 Å². The van der Waals surface area contributed by atoms with Gasteiger partial charge in [-0.2, -0.15) is 13.2 Å². The molecule has 0 fully saturated rings. The fraction of sp³-hybridized carbons (Fsp3) is 0.176. The summed E-state index contributed by atoms with van der Waals surface area (Å²) in [6.45, 7) is 1.78. The Morgan fingerprint density at radius 2 is 1.83 bits per heavy atom. The molecule has 0 bridgehead atoms. The van der Waals surface area contributed by atoms with Crippen molar-refractivity contribution in [2.24, 2.45) is 16.6 Å². The van der Waals surface area contributed by atoms with E-state index in [0.717, 1.165) is 6.07 Å². The first kappa shape index (κ1) is 15.3. The van der Waals surface area contributed by atoms with Crippen LogP contribution in [-0.4, -0.2) is 10.7 Å². The van der Waals surface area contributed by atoms with Gasteiger partial charge in [0.2, 0.25) is 0 Å². The van der Waals surface area contributed by atoms with Crippen molar-refractivity contribution in [2.45, 2.75) is 13.1 Å². The zero-order valence-corrected chi connectivity index (χ0v) is 12.3. The van der Waals surface area contributed by atoms with E-state index in [9.17, 15) is 13.2 Å². The summed E-state index contributed by atoms with van der Waals surface area (Å²) in [5.41, 5.74) is 7.34. The smallest absolute Gasteiger partial charge is 0.398 e. The maximum absolute atomic E-state index is 13.3. The van der Waals surface area contributed by atoms with Crippen LogP contribution in [0.5, 0.6) is 0 Å². The van der Waals surface area contributed by atoms with Crippen molar-refractivity contribution < 1.29 is 13.2 Å². The Labute approximate surface area is 131 Å². The zero-order valence-electron chi connectivity index (χ0n) is 12.3. The topological polar surface area (TPSA) is 51.3 Å². The molecule has 0 aliphatic carbocycles. The highest BCUT2D eigenvalue weighted by Crippen LogP contribution is 2.36. The number of aromatic nitrogens is 1. The molecular formula is C17H14F3N3. The number of allylic oxidation sites excluding steroid dienone is 1. The molecule has 0 amide bonds. The Hall–Kier alpha value is -2.63. The number of hydrogen-bond acceptors (Lipinski definition) is 3. The number of pyridine rings is 1. The Morgan fingerprint density at radius 3 is 2.57 bits per heavy atom. The second-order valence-corrected chi connectivity index (χ2v) is 5.34. The van der Waals surface area contributed by atoms with Crippen molar-refractivity contribution in [3.8, 4) is 0 Å². The average Bonchev–Trinajstić information content (AvgIpc) is 2.63. The molecular weight excluding hydrogens is 303 g/mol. The van der Waals surface area contributed by atoms with Gasteiger partial charge in [-0.05, 0) is 12.1 Å². The van der Waals surface area contributed by atoms with Crippen LogP contribution in [-0.2, 0) is 6.18 Å². The van der Waals surface area contributed by atoms with Gasteiger partial charge in [0, 0.05) is 35.1 Å². The fourth-order valence-corrected chi connectivity index (χ4v) is 2.64. The van der Waals surface area contributed by atoms with E-state index in [0.29, 0.717) is 22.7 Å². The predicted molar refractivity (Wildman–Crippen MR) is 83.2 cm³/mol. The Morgan fingerprint density at radius 1 is 1.09 bits per heavy atom. The van der Waals surface area contributed by atoms with Crippen LogP contribution in [0.4, 0.5) is 18.9 Å². The van der Waals surface area contributed by atoms with Crippen LogP contribution >= 0.6 is 0 Å². The van der Waals surface area contributed by atoms with E-state index in [-0.39, 0.29) is 11.5 Å². The molecule has 1 aliphatic heterocycles. The summed E-state index contributed by atoms with van der Waals surface area (Å²) in [6.07, 6.45) is 0.371. The number of halogens is 3. The summed E-state index contributed by atoms with van der Waals surface area (Å²) >= 11 is 0. The predicted octanol–water partition coefficient (Wildman–Crippen LogP) is 4.17. The minimum Gasteiger partial charge on any atom is -0.398 e. The molecule has 1 aromatic carbocycles. The van der Waals surface area contributed by atoms with Gasteiger partial charge >= 0.3 is 6.18 Å². The zero-order chi connectivity index (χ0) is 16.6. The highest BCUT2D eigenvalue weighted by Gasteiger charge is 2.35. The molecule has 23 heavy (non-hydrogen) atoms. The maximum atomic E-state index is 13.3. The molecule has 2 N–H and O–H groups in total. The van der Waals surface area contributed by atoms with Gasteiger partial charge < -0.3 is 5.73 Å². The maximum Gasteiger partial charge on any atom is 0.417 e. The SMILES string of the molecule is CC1C=C(N)c2cnccc2N=C1c1ccccc1C(F)(F)F. The van der Waals surface area contributed by atoms with Crippen molar-refractivity contribution in [1.82, 2.24) is 4.98 Å². The third-order valence-corrected chi connectivity index (χ3v) is 3.72. The number of alkyl halides is 3. The van der Waals surface area contributed by atoms with Crippen LogP contribution in [0, 0.1) is 5.92 Å². The standard InChI is InChI=1S/C17H14F3N3/c1-10-8-14(21)12-9-22-7-6-15(12)23-16(10)11-4-2-3-5-13(11)17(18,19)20/h2-10H,21H2,1H3. The van der Waals surface area contributed by atoms with Crippen LogP contribution in [0.1, 0.15) is 23.6 Å². The van der Waals surface area contributed by atoms with Gasteiger partial charge in [0.1, 0.15) is 0 Å². The molecule has 1 aromatic heterocycles. The molecule has 6 heteroatoms. The quantitative estimate of drug-likeness (QED) is 0.858. The normalized spacial score (nSPS) is 17.8. The molecule has 1 unspecified atom stereocenters. The third-order valence-electron chi connectivity index (χ3n) is 3.72. The van der Waals surface area contributed by atoms with Gasteiger partial charge in [0.15, 0.2) is 0 Å². The third kappa shape index (κ3) is 2.84. The van der Waals surface area contributed by atoms with Gasteiger partial charge in [-0.1, -0.05) is 31.2 Å². The van der Waals surface area contributed by atoms with Gasteiger partial charge in [-0.3, -0.25) is 9.98 Å². The summed E-state index contributed by atoms with van der Waals surface area (Å²) in [4.78, 5) is 8.46. The lowest BCUT2D eigenvalue weighted by molar-refractivity contribution is -0.137. The van der Waals surface area contributed by atoms with Crippen molar-refractivity contribution in [2.75, 3.05) is 0 Å². The molecule has 0 spiro atoms. The van der Waals surface area contributed by atoms with Crippen LogP contribution in [0.25, 0.3) is 5.70 Å². The van der Waals surface area contributed by atoms with Crippen LogP contribution in [0.15, 0.2) is 53.8 Å². The molecule has 0 saturated carbocycles. The van der Waals surface area contributed by atoms with E-state index in [1.165, 1.54) is 12.1 Å². The van der Waals surface area contributed by atoms with Gasteiger partial charge in [0.25, 0.3) is 0 Å². The molecule has 3 rings (SSSR count). The van der Waals surface area contributed by atoms with Gasteiger partial charge in [-0.25, -0.2) is 0 Å². The number of nitrogens with two attached hydrogens (primary N) is 1. The molecule has 1 atom stereocenters. The van der Waals surface area contributed by atoms with E-state index in [4.69, 9.17) is 5.73 Å². The highest BCUT2D eigenvalue weighted by molar-refractivity contribution is 6.07. The first-order chi connectivity index (χ1) is 10.9. The molecule has 1 aliphatic rings. The Bertz CT molecular complexity index is 807. The monoisotopic (exact) mass is 317 g/mol. The summed E-state index contributed by atoms with van der Waals surface area (Å²) < 4.78 is 39.9. The molecule has 0 saturated heterocycles. The van der Waals surface area contributed by atoms with Gasteiger partial charge in [0.05, 0.1) is 17.0 Å². The molecule has 2 aromatic rings. The second-order valence-electron chi connectivity index (χ2n) is 5.34. The molecule has 0 radical (unpaired) electrons. The Balaban J connectivity index is 2.24. The first-order valence-electron chi connectivity index (χ1n) is 7.05. The average molecular weight is 317 g/mol. The molecule has 2 heterocycles. The minimum absolute atomic E-state index is 0.0706. The van der Waals surface area contributed by atoms with Crippen molar-refractivity contribution >= 4 is 17.1 Å². The number of hydrogen-bond donors (Lipinski definition) is 1. The number of benzene rings is 1. The van der Waals surface area contributed by atoms with Crippen molar-refractivity contribution in [1.29, 1.82) is 0 Å². The largest absolute Gasteiger partial charge is 0.417 e. The fourth-order valence-electron chi connectivity index (χ4n) is 2.64. The van der Waals surface area contributed by atoms with Crippen molar-refractivity contribution in [3.05, 3.63) is 65.5 Å². The van der Waals surface area contributed by atoms with E-state index >= 15 is 0 Å². The number of nitrogens with zero attached hydrogens (tertiary/aromatic N) is 2. The highest BCUT2D eigenvalue weighted by atomic mass is 19.4. The summed E-state index contributed by atoms with van der Waals surface area (Å²) in [6, 6.07) is 7.09. The van der Waals surface area contributed by atoms with E-state index in [1.807, 2.05) is 0 Å². The lowest BCUT2D eigenvalue weighted by Gasteiger charge is -2.16. The summed E-state index contributed by atoms with van der Waals surface area (Å²) in [5.74, 6) is -0.356. The summed E-state index contributed by atoms with van der Waals surface area (Å²) in [7, 11) is 0. The number of rotatable bonds is 1.